The number of nitrogens with two attached hydrogens (primary N) is 1. The molecule has 0 fully saturated rings. The molecule has 0 aliphatic heterocycles. The fourth-order valence-electron chi connectivity index (χ4n) is 1.81. The van der Waals surface area contributed by atoms with Crippen molar-refractivity contribution in [2.45, 2.75) is 19.8 Å². The average Bonchev–Trinajstić information content (AvgIpc) is 2.79. The molecule has 0 aromatic carbocycles. The van der Waals surface area contributed by atoms with Gasteiger partial charge in [0.1, 0.15) is 11.3 Å². The van der Waals surface area contributed by atoms with Crippen LogP contribution in [0.25, 0.3) is 5.65 Å². The van der Waals surface area contributed by atoms with Gasteiger partial charge in [-0.3, -0.25) is 9.59 Å². The smallest absolute Gasteiger partial charge is 0.271 e. The second kappa shape index (κ2) is 5.51. The average molecular weight is 260 g/mol. The molecule has 100 valence electrons. The minimum absolute atomic E-state index is 0.243. The summed E-state index contributed by atoms with van der Waals surface area (Å²) >= 11 is 0. The van der Waals surface area contributed by atoms with E-state index in [1.807, 2.05) is 29.5 Å². The third kappa shape index (κ3) is 3.09. The maximum Gasteiger partial charge on any atom is 0.271 e. The van der Waals surface area contributed by atoms with Gasteiger partial charge in [0.15, 0.2) is 0 Å². The van der Waals surface area contributed by atoms with E-state index in [0.717, 1.165) is 11.3 Å². The Morgan fingerprint density at radius 1 is 1.42 bits per heavy atom. The standard InChI is InChI=1S/C13H16N4O2/c1-9-4-2-6-12-16-10(8-17(9)12)13(19)15-7-3-5-11(14)18/h2,4,6,8H,3,5,7H2,1H3,(H2,14,18)(H,15,19). The highest BCUT2D eigenvalue weighted by molar-refractivity contribution is 5.92. The number of nitrogens with zero attached hydrogens (tertiary/aromatic N) is 2. The van der Waals surface area contributed by atoms with E-state index in [2.05, 4.69) is 10.3 Å². The van der Waals surface area contributed by atoms with Crippen molar-refractivity contribution < 1.29 is 9.59 Å². The van der Waals surface area contributed by atoms with Crippen LogP contribution >= 0.6 is 0 Å². The Morgan fingerprint density at radius 2 is 2.21 bits per heavy atom. The number of aromatic nitrogens is 2. The molecular weight excluding hydrogens is 244 g/mol. The maximum absolute atomic E-state index is 11.9. The number of amides is 2. The lowest BCUT2D eigenvalue weighted by molar-refractivity contribution is -0.118. The zero-order chi connectivity index (χ0) is 13.8. The molecule has 6 heteroatoms. The van der Waals surface area contributed by atoms with E-state index in [-0.39, 0.29) is 18.2 Å². The normalized spacial score (nSPS) is 10.6. The number of imidazole rings is 1. The van der Waals surface area contributed by atoms with Crippen LogP contribution in [0, 0.1) is 6.92 Å². The Balaban J connectivity index is 2.01. The van der Waals surface area contributed by atoms with Gasteiger partial charge < -0.3 is 15.5 Å². The van der Waals surface area contributed by atoms with Crippen LogP contribution in [-0.4, -0.2) is 27.7 Å². The second-order valence-electron chi connectivity index (χ2n) is 4.35. The predicted molar refractivity (Wildman–Crippen MR) is 70.7 cm³/mol. The lowest BCUT2D eigenvalue weighted by Crippen LogP contribution is -2.25. The van der Waals surface area contributed by atoms with Crippen molar-refractivity contribution in [3.63, 3.8) is 0 Å². The summed E-state index contributed by atoms with van der Waals surface area (Å²) in [6.07, 6.45) is 2.51. The number of carbonyl (C=O) groups is 2. The molecule has 6 nitrogen and oxygen atoms in total. The van der Waals surface area contributed by atoms with Gasteiger partial charge in [-0.25, -0.2) is 4.98 Å². The Hall–Kier alpha value is -2.37. The van der Waals surface area contributed by atoms with Crippen LogP contribution in [0.4, 0.5) is 0 Å². The number of pyridine rings is 1. The lowest BCUT2D eigenvalue weighted by Gasteiger charge is -2.00. The van der Waals surface area contributed by atoms with Gasteiger partial charge in [-0.05, 0) is 25.5 Å². The number of rotatable bonds is 5. The van der Waals surface area contributed by atoms with Gasteiger partial charge in [0.05, 0.1) is 0 Å². The SMILES string of the molecule is Cc1cccc2nc(C(=O)NCCCC(N)=O)cn12. The summed E-state index contributed by atoms with van der Waals surface area (Å²) < 4.78 is 1.86. The van der Waals surface area contributed by atoms with Crippen molar-refractivity contribution in [3.05, 3.63) is 35.8 Å². The summed E-state index contributed by atoms with van der Waals surface area (Å²) in [6.45, 7) is 2.36. The predicted octanol–water partition coefficient (Wildman–Crippen LogP) is 0.638. The van der Waals surface area contributed by atoms with Gasteiger partial charge in [0.25, 0.3) is 5.91 Å². The van der Waals surface area contributed by atoms with Gasteiger partial charge in [-0.2, -0.15) is 0 Å². The van der Waals surface area contributed by atoms with Crippen LogP contribution in [0.3, 0.4) is 0 Å². The van der Waals surface area contributed by atoms with Crippen molar-refractivity contribution in [1.29, 1.82) is 0 Å². The highest BCUT2D eigenvalue weighted by Gasteiger charge is 2.10. The highest BCUT2D eigenvalue weighted by Crippen LogP contribution is 2.08. The van der Waals surface area contributed by atoms with E-state index in [0.29, 0.717) is 18.7 Å². The van der Waals surface area contributed by atoms with Crippen LogP contribution in [0.2, 0.25) is 0 Å². The topological polar surface area (TPSA) is 89.5 Å². The van der Waals surface area contributed by atoms with E-state index in [1.165, 1.54) is 0 Å². The number of aryl methyl sites for hydroxylation is 1. The Labute approximate surface area is 110 Å². The fraction of sp³-hybridized carbons (Fsp3) is 0.308. The number of carbonyl (C=O) groups excluding carboxylic acids is 2. The zero-order valence-corrected chi connectivity index (χ0v) is 10.7. The molecule has 0 spiro atoms. The Bertz CT molecular complexity index is 618. The van der Waals surface area contributed by atoms with Crippen molar-refractivity contribution in [2.75, 3.05) is 6.54 Å². The van der Waals surface area contributed by atoms with Crippen LogP contribution in [-0.2, 0) is 4.79 Å². The number of nitrogens with one attached hydrogen (secondary N) is 1. The summed E-state index contributed by atoms with van der Waals surface area (Å²) in [7, 11) is 0. The fourth-order valence-corrected chi connectivity index (χ4v) is 1.81. The van der Waals surface area contributed by atoms with Crippen LogP contribution in [0.1, 0.15) is 29.0 Å². The van der Waals surface area contributed by atoms with E-state index >= 15 is 0 Å². The molecule has 0 bridgehead atoms. The maximum atomic E-state index is 11.9. The van der Waals surface area contributed by atoms with Crippen molar-refractivity contribution >= 4 is 17.5 Å². The molecule has 0 atom stereocenters. The molecule has 2 amide bonds. The van der Waals surface area contributed by atoms with Gasteiger partial charge in [0.2, 0.25) is 5.91 Å². The van der Waals surface area contributed by atoms with Crippen LogP contribution in [0.15, 0.2) is 24.4 Å². The Morgan fingerprint density at radius 3 is 2.89 bits per heavy atom. The molecule has 2 rings (SSSR count). The first kappa shape index (κ1) is 13.1. The first-order valence-electron chi connectivity index (χ1n) is 6.09. The van der Waals surface area contributed by atoms with Crippen molar-refractivity contribution in [3.8, 4) is 0 Å². The molecule has 0 aliphatic carbocycles. The molecular formula is C13H16N4O2. The van der Waals surface area contributed by atoms with Gasteiger partial charge in [-0.15, -0.1) is 0 Å². The largest absolute Gasteiger partial charge is 0.370 e. The van der Waals surface area contributed by atoms with Crippen molar-refractivity contribution in [1.82, 2.24) is 14.7 Å². The van der Waals surface area contributed by atoms with E-state index in [1.54, 1.807) is 6.20 Å². The molecule has 2 heterocycles. The molecule has 19 heavy (non-hydrogen) atoms. The first-order chi connectivity index (χ1) is 9.08. The molecule has 0 saturated carbocycles. The number of primary amides is 1. The number of fused-ring (bicyclic) bond motifs is 1. The quantitative estimate of drug-likeness (QED) is 0.773. The molecule has 3 N–H and O–H groups in total. The first-order valence-corrected chi connectivity index (χ1v) is 6.09. The van der Waals surface area contributed by atoms with E-state index < -0.39 is 0 Å². The van der Waals surface area contributed by atoms with Crippen LogP contribution in [0.5, 0.6) is 0 Å². The molecule has 0 unspecified atom stereocenters. The molecule has 0 radical (unpaired) electrons. The van der Waals surface area contributed by atoms with Crippen molar-refractivity contribution in [2.24, 2.45) is 5.73 Å². The minimum Gasteiger partial charge on any atom is -0.370 e. The second-order valence-corrected chi connectivity index (χ2v) is 4.35. The van der Waals surface area contributed by atoms with Crippen LogP contribution < -0.4 is 11.1 Å². The molecule has 0 saturated heterocycles. The molecule has 0 aliphatic rings. The number of hydrogen-bond acceptors (Lipinski definition) is 3. The minimum atomic E-state index is -0.363. The van der Waals surface area contributed by atoms with Gasteiger partial charge in [0, 0.05) is 24.9 Å². The summed E-state index contributed by atoms with van der Waals surface area (Å²) in [6, 6.07) is 5.69. The molecule has 2 aromatic heterocycles. The van der Waals surface area contributed by atoms with Gasteiger partial charge in [-0.1, -0.05) is 6.07 Å². The van der Waals surface area contributed by atoms with E-state index in [9.17, 15) is 9.59 Å². The summed E-state index contributed by atoms with van der Waals surface area (Å²) in [4.78, 5) is 26.7. The lowest BCUT2D eigenvalue weighted by atomic mass is 10.3. The molecule has 2 aromatic rings. The monoisotopic (exact) mass is 260 g/mol. The third-order valence-corrected chi connectivity index (χ3v) is 2.81. The van der Waals surface area contributed by atoms with Gasteiger partial charge >= 0.3 is 0 Å². The third-order valence-electron chi connectivity index (χ3n) is 2.81. The zero-order valence-electron chi connectivity index (χ0n) is 10.7. The number of hydrogen-bond donors (Lipinski definition) is 2. The Kier molecular flexibility index (Phi) is 3.79. The van der Waals surface area contributed by atoms with E-state index in [4.69, 9.17) is 5.73 Å². The summed E-state index contributed by atoms with van der Waals surface area (Å²) in [5, 5.41) is 2.71. The summed E-state index contributed by atoms with van der Waals surface area (Å²) in [5.74, 6) is -0.606. The highest BCUT2D eigenvalue weighted by atomic mass is 16.2. The summed E-state index contributed by atoms with van der Waals surface area (Å²) in [5.41, 5.74) is 7.14.